The highest BCUT2D eigenvalue weighted by Gasteiger charge is 2.09. The van der Waals surface area contributed by atoms with Crippen molar-refractivity contribution < 1.29 is 9.66 Å². The molecule has 0 saturated carbocycles. The van der Waals surface area contributed by atoms with Crippen molar-refractivity contribution in [2.24, 2.45) is 0 Å². The van der Waals surface area contributed by atoms with E-state index in [0.717, 1.165) is 11.1 Å². The number of nitrogens with one attached hydrogen (secondary N) is 2. The first-order valence-electron chi connectivity index (χ1n) is 9.36. The lowest BCUT2D eigenvalue weighted by atomic mass is 10.2. The van der Waals surface area contributed by atoms with Gasteiger partial charge in [0.05, 0.1) is 20.7 Å². The van der Waals surface area contributed by atoms with Crippen LogP contribution >= 0.6 is 35.6 Å². The van der Waals surface area contributed by atoms with Gasteiger partial charge in [0.2, 0.25) is 0 Å². The normalized spacial score (nSPS) is 10.3. The Kier molecular flexibility index (Phi) is 9.88. The summed E-state index contributed by atoms with van der Waals surface area (Å²) >= 11 is 12.4. The zero-order chi connectivity index (χ0) is 21.3. The first-order valence-corrected chi connectivity index (χ1v) is 10.1. The summed E-state index contributed by atoms with van der Waals surface area (Å²) in [4.78, 5) is 10.3. The van der Waals surface area contributed by atoms with E-state index in [0.29, 0.717) is 47.7 Å². The number of ether oxygens (including phenoxy) is 1. The second-order valence-corrected chi connectivity index (χ2v) is 7.38. The van der Waals surface area contributed by atoms with Crippen molar-refractivity contribution in [2.45, 2.75) is 13.2 Å². The third kappa shape index (κ3) is 7.60. The molecular formula is C22H22Cl3N3O3. The molecule has 0 fully saturated rings. The molecule has 3 rings (SSSR count). The van der Waals surface area contributed by atoms with E-state index in [1.165, 1.54) is 12.1 Å². The van der Waals surface area contributed by atoms with Gasteiger partial charge in [0.15, 0.2) is 0 Å². The molecule has 0 heterocycles. The van der Waals surface area contributed by atoms with E-state index >= 15 is 0 Å². The molecule has 0 saturated heterocycles. The van der Waals surface area contributed by atoms with Crippen LogP contribution in [0.25, 0.3) is 0 Å². The highest BCUT2D eigenvalue weighted by Crippen LogP contribution is 2.27. The molecule has 0 bridgehead atoms. The zero-order valence-corrected chi connectivity index (χ0v) is 18.8. The van der Waals surface area contributed by atoms with Crippen molar-refractivity contribution in [3.63, 3.8) is 0 Å². The minimum atomic E-state index is -0.472. The van der Waals surface area contributed by atoms with Gasteiger partial charge in [-0.3, -0.25) is 10.1 Å². The Labute approximate surface area is 197 Å². The second kappa shape index (κ2) is 12.4. The summed E-state index contributed by atoms with van der Waals surface area (Å²) in [7, 11) is 0. The lowest BCUT2D eigenvalue weighted by molar-refractivity contribution is -0.384. The first kappa shape index (κ1) is 24.8. The smallest absolute Gasteiger partial charge is 0.271 e. The minimum absolute atomic E-state index is 0. The number of non-ortho nitro benzene ring substituents is 1. The third-order valence-corrected chi connectivity index (χ3v) is 4.95. The number of nitro groups is 1. The molecule has 6 nitrogen and oxygen atoms in total. The molecule has 2 N–H and O–H groups in total. The van der Waals surface area contributed by atoms with E-state index in [1.807, 2.05) is 48.5 Å². The van der Waals surface area contributed by atoms with Crippen molar-refractivity contribution in [1.82, 2.24) is 5.32 Å². The number of anilines is 1. The number of benzene rings is 3. The van der Waals surface area contributed by atoms with Crippen LogP contribution in [0.1, 0.15) is 11.1 Å². The molecule has 0 amide bonds. The second-order valence-electron chi connectivity index (χ2n) is 6.56. The molecule has 0 aromatic heterocycles. The molecule has 0 atom stereocenters. The molecule has 3 aromatic carbocycles. The molecule has 9 heteroatoms. The van der Waals surface area contributed by atoms with Crippen LogP contribution in [0.2, 0.25) is 10.0 Å². The quantitative estimate of drug-likeness (QED) is 0.207. The predicted molar refractivity (Wildman–Crippen MR) is 128 cm³/mol. The molecule has 0 spiro atoms. The number of hydrogen-bond donors (Lipinski definition) is 2. The van der Waals surface area contributed by atoms with E-state index < -0.39 is 4.92 Å². The molecule has 0 radical (unpaired) electrons. The molecular weight excluding hydrogens is 461 g/mol. The van der Waals surface area contributed by atoms with E-state index in [1.54, 1.807) is 6.07 Å². The van der Waals surface area contributed by atoms with Crippen LogP contribution < -0.4 is 15.4 Å². The fourth-order valence-corrected chi connectivity index (χ4v) is 3.29. The van der Waals surface area contributed by atoms with E-state index in [-0.39, 0.29) is 18.1 Å². The van der Waals surface area contributed by atoms with Gasteiger partial charge in [0.25, 0.3) is 5.69 Å². The summed E-state index contributed by atoms with van der Waals surface area (Å²) in [6, 6.07) is 20.0. The zero-order valence-electron chi connectivity index (χ0n) is 16.5. The molecule has 0 unspecified atom stereocenters. The van der Waals surface area contributed by atoms with Crippen LogP contribution in [0, 0.1) is 10.1 Å². The lowest BCUT2D eigenvalue weighted by Gasteiger charge is -2.11. The van der Waals surface area contributed by atoms with Crippen LogP contribution in [0.3, 0.4) is 0 Å². The molecule has 31 heavy (non-hydrogen) atoms. The van der Waals surface area contributed by atoms with Gasteiger partial charge in [-0.15, -0.1) is 12.4 Å². The molecule has 0 aliphatic heterocycles. The van der Waals surface area contributed by atoms with E-state index in [2.05, 4.69) is 10.6 Å². The van der Waals surface area contributed by atoms with Gasteiger partial charge in [-0.25, -0.2) is 0 Å². The minimum Gasteiger partial charge on any atom is -0.487 e. The Hall–Kier alpha value is -2.51. The first-order chi connectivity index (χ1) is 14.5. The molecule has 0 aliphatic carbocycles. The Morgan fingerprint density at radius 2 is 1.68 bits per heavy atom. The van der Waals surface area contributed by atoms with E-state index in [4.69, 9.17) is 27.9 Å². The Bertz CT molecular complexity index is 1000. The van der Waals surface area contributed by atoms with Crippen molar-refractivity contribution in [1.29, 1.82) is 0 Å². The summed E-state index contributed by atoms with van der Waals surface area (Å²) in [5, 5.41) is 18.1. The highest BCUT2D eigenvalue weighted by molar-refractivity contribution is 6.33. The number of rotatable bonds is 10. The van der Waals surface area contributed by atoms with Crippen molar-refractivity contribution in [3.8, 4) is 5.75 Å². The van der Waals surface area contributed by atoms with Gasteiger partial charge in [0, 0.05) is 31.8 Å². The monoisotopic (exact) mass is 481 g/mol. The number of halogens is 3. The number of nitro benzene ring substituents is 1. The van der Waals surface area contributed by atoms with Crippen molar-refractivity contribution in [2.75, 3.05) is 18.4 Å². The van der Waals surface area contributed by atoms with Crippen molar-refractivity contribution in [3.05, 3.63) is 98.0 Å². The predicted octanol–water partition coefficient (Wildman–Crippen LogP) is 6.10. The molecule has 3 aromatic rings. The summed E-state index contributed by atoms with van der Waals surface area (Å²) in [5.74, 6) is 0.652. The van der Waals surface area contributed by atoms with Crippen LogP contribution in [0.4, 0.5) is 11.4 Å². The average molecular weight is 483 g/mol. The standard InChI is InChI=1S/C22H21Cl2N3O3.ClH/c23-19-13-18(27(28)29)7-8-21(19)26-11-10-25-14-17-6-9-22(20(24)12-17)30-15-16-4-2-1-3-5-16;/h1-9,12-13,25-26H,10-11,14-15H2;1H. The van der Waals surface area contributed by atoms with Crippen LogP contribution in [0.15, 0.2) is 66.7 Å². The van der Waals surface area contributed by atoms with Gasteiger partial charge >= 0.3 is 0 Å². The number of nitrogens with zero attached hydrogens (tertiary/aromatic N) is 1. The average Bonchev–Trinajstić information content (AvgIpc) is 2.74. The fourth-order valence-electron chi connectivity index (χ4n) is 2.79. The SMILES string of the molecule is Cl.O=[N+]([O-])c1ccc(NCCNCc2ccc(OCc3ccccc3)c(Cl)c2)c(Cl)c1. The lowest BCUT2D eigenvalue weighted by Crippen LogP contribution is -2.21. The van der Waals surface area contributed by atoms with Crippen LogP contribution in [-0.2, 0) is 13.2 Å². The maximum Gasteiger partial charge on any atom is 0.271 e. The van der Waals surface area contributed by atoms with E-state index in [9.17, 15) is 10.1 Å². The summed E-state index contributed by atoms with van der Waals surface area (Å²) in [6.07, 6.45) is 0. The maximum absolute atomic E-state index is 10.7. The Balaban J connectivity index is 0.00000341. The van der Waals surface area contributed by atoms with Crippen LogP contribution in [0.5, 0.6) is 5.75 Å². The fraction of sp³-hybridized carbons (Fsp3) is 0.182. The Morgan fingerprint density at radius 3 is 2.35 bits per heavy atom. The van der Waals surface area contributed by atoms with Gasteiger partial charge in [-0.2, -0.15) is 0 Å². The highest BCUT2D eigenvalue weighted by atomic mass is 35.5. The van der Waals surface area contributed by atoms with Gasteiger partial charge in [-0.05, 0) is 29.3 Å². The van der Waals surface area contributed by atoms with Crippen LogP contribution in [-0.4, -0.2) is 18.0 Å². The largest absolute Gasteiger partial charge is 0.487 e. The molecule has 164 valence electrons. The van der Waals surface area contributed by atoms with Gasteiger partial charge in [-0.1, -0.05) is 59.6 Å². The third-order valence-electron chi connectivity index (χ3n) is 4.34. The Morgan fingerprint density at radius 1 is 0.903 bits per heavy atom. The van der Waals surface area contributed by atoms with Gasteiger partial charge < -0.3 is 15.4 Å². The maximum atomic E-state index is 10.7. The van der Waals surface area contributed by atoms with Gasteiger partial charge in [0.1, 0.15) is 12.4 Å². The summed E-state index contributed by atoms with van der Waals surface area (Å²) in [6.45, 7) is 2.41. The molecule has 0 aliphatic rings. The topological polar surface area (TPSA) is 76.4 Å². The number of hydrogen-bond acceptors (Lipinski definition) is 5. The summed E-state index contributed by atoms with van der Waals surface area (Å²) < 4.78 is 5.79. The van der Waals surface area contributed by atoms with Crippen molar-refractivity contribution >= 4 is 47.0 Å². The summed E-state index contributed by atoms with van der Waals surface area (Å²) in [5.41, 5.74) is 2.75.